The maximum absolute atomic E-state index is 11.5. The maximum atomic E-state index is 11.5. The van der Waals surface area contributed by atoms with Crippen molar-refractivity contribution in [3.8, 4) is 5.75 Å². The van der Waals surface area contributed by atoms with Crippen molar-refractivity contribution in [3.63, 3.8) is 0 Å². The third-order valence-corrected chi connectivity index (χ3v) is 4.45. The lowest BCUT2D eigenvalue weighted by atomic mass is 10.1. The highest BCUT2D eigenvalue weighted by Crippen LogP contribution is 2.30. The maximum Gasteiger partial charge on any atom is 0.163 e. The van der Waals surface area contributed by atoms with E-state index in [1.165, 1.54) is 6.92 Å². The zero-order valence-corrected chi connectivity index (χ0v) is 13.8. The molecule has 2 aromatic carbocycles. The number of carbonyl (C=O) groups excluding carboxylic acids is 1. The summed E-state index contributed by atoms with van der Waals surface area (Å²) in [5.74, 6) is 1.32. The molecule has 0 heterocycles. The van der Waals surface area contributed by atoms with Crippen molar-refractivity contribution in [1.82, 2.24) is 0 Å². The average molecular weight is 341 g/mol. The van der Waals surface area contributed by atoms with Crippen molar-refractivity contribution in [2.45, 2.75) is 11.8 Å². The first-order chi connectivity index (χ1) is 10.1. The standard InChI is InChI=1S/C16H14Cl2O2S/c1-11(19)13-4-2-3-5-15(13)20-8-9-21-16-10-12(17)6-7-14(16)18/h2-7,10H,8-9H2,1H3. The summed E-state index contributed by atoms with van der Waals surface area (Å²) in [6.07, 6.45) is 0. The molecule has 0 atom stereocenters. The Labute approximate surface area is 138 Å². The minimum absolute atomic E-state index is 0.00358. The van der Waals surface area contributed by atoms with Crippen molar-refractivity contribution >= 4 is 40.7 Å². The molecule has 0 radical (unpaired) electrons. The molecule has 0 aliphatic rings. The molecule has 0 saturated carbocycles. The molecular formula is C16H14Cl2O2S. The molecule has 5 heteroatoms. The number of carbonyl (C=O) groups is 1. The third kappa shape index (κ3) is 4.67. The van der Waals surface area contributed by atoms with Gasteiger partial charge in [0, 0.05) is 15.7 Å². The summed E-state index contributed by atoms with van der Waals surface area (Å²) in [4.78, 5) is 12.4. The van der Waals surface area contributed by atoms with Gasteiger partial charge in [-0.05, 0) is 37.3 Å². The molecule has 0 spiro atoms. The van der Waals surface area contributed by atoms with E-state index in [4.69, 9.17) is 27.9 Å². The number of hydrogen-bond acceptors (Lipinski definition) is 3. The minimum Gasteiger partial charge on any atom is -0.492 e. The minimum atomic E-state index is -0.00358. The van der Waals surface area contributed by atoms with Gasteiger partial charge in [-0.15, -0.1) is 11.8 Å². The molecule has 2 nitrogen and oxygen atoms in total. The van der Waals surface area contributed by atoms with E-state index in [1.807, 2.05) is 18.2 Å². The Balaban J connectivity index is 1.91. The first kappa shape index (κ1) is 16.2. The Morgan fingerprint density at radius 1 is 1.19 bits per heavy atom. The Bertz CT molecular complexity index is 644. The van der Waals surface area contributed by atoms with Crippen LogP contribution in [0.1, 0.15) is 17.3 Å². The Morgan fingerprint density at radius 3 is 2.71 bits per heavy atom. The lowest BCUT2D eigenvalue weighted by molar-refractivity contribution is 0.101. The van der Waals surface area contributed by atoms with Crippen molar-refractivity contribution in [2.75, 3.05) is 12.4 Å². The second kappa shape index (κ2) is 7.74. The Morgan fingerprint density at radius 2 is 1.95 bits per heavy atom. The van der Waals surface area contributed by atoms with Crippen LogP contribution in [0.25, 0.3) is 0 Å². The summed E-state index contributed by atoms with van der Waals surface area (Å²) in [7, 11) is 0. The van der Waals surface area contributed by atoms with Crippen LogP contribution in [0.4, 0.5) is 0 Å². The van der Waals surface area contributed by atoms with Gasteiger partial charge in [0.25, 0.3) is 0 Å². The second-order valence-electron chi connectivity index (χ2n) is 4.32. The van der Waals surface area contributed by atoms with Crippen LogP contribution >= 0.6 is 35.0 Å². The molecular weight excluding hydrogens is 327 g/mol. The second-order valence-corrected chi connectivity index (χ2v) is 6.30. The summed E-state index contributed by atoms with van der Waals surface area (Å²) in [5, 5.41) is 1.33. The highest BCUT2D eigenvalue weighted by Gasteiger charge is 2.07. The molecule has 0 saturated heterocycles. The number of para-hydroxylation sites is 1. The van der Waals surface area contributed by atoms with Gasteiger partial charge in [0.2, 0.25) is 0 Å². The molecule has 0 aliphatic heterocycles. The third-order valence-electron chi connectivity index (χ3n) is 2.76. The number of hydrogen-bond donors (Lipinski definition) is 0. The monoisotopic (exact) mass is 340 g/mol. The molecule has 2 rings (SSSR count). The van der Waals surface area contributed by atoms with Crippen molar-refractivity contribution in [2.24, 2.45) is 0 Å². The SMILES string of the molecule is CC(=O)c1ccccc1OCCSc1cc(Cl)ccc1Cl. The Kier molecular flexibility index (Phi) is 5.97. The molecule has 2 aromatic rings. The van der Waals surface area contributed by atoms with Gasteiger partial charge in [-0.25, -0.2) is 0 Å². The molecule has 0 unspecified atom stereocenters. The van der Waals surface area contributed by atoms with Crippen LogP contribution in [-0.4, -0.2) is 18.1 Å². The van der Waals surface area contributed by atoms with E-state index in [0.29, 0.717) is 33.7 Å². The summed E-state index contributed by atoms with van der Waals surface area (Å²) >= 11 is 13.6. The molecule has 0 fully saturated rings. The number of Topliss-reactive ketones (excluding diaryl/α,β-unsaturated/α-hetero) is 1. The topological polar surface area (TPSA) is 26.3 Å². The van der Waals surface area contributed by atoms with E-state index in [0.717, 1.165) is 4.90 Å². The first-order valence-corrected chi connectivity index (χ1v) is 8.12. The molecule has 0 N–H and O–H groups in total. The number of benzene rings is 2. The zero-order chi connectivity index (χ0) is 15.2. The van der Waals surface area contributed by atoms with Crippen molar-refractivity contribution in [1.29, 1.82) is 0 Å². The summed E-state index contributed by atoms with van der Waals surface area (Å²) < 4.78 is 5.67. The van der Waals surface area contributed by atoms with Gasteiger partial charge in [0.05, 0.1) is 17.2 Å². The van der Waals surface area contributed by atoms with Gasteiger partial charge in [0.15, 0.2) is 5.78 Å². The van der Waals surface area contributed by atoms with E-state index in [2.05, 4.69) is 0 Å². The van der Waals surface area contributed by atoms with Crippen molar-refractivity contribution < 1.29 is 9.53 Å². The number of ketones is 1. The number of ether oxygens (including phenoxy) is 1. The van der Waals surface area contributed by atoms with Crippen LogP contribution in [-0.2, 0) is 0 Å². The van der Waals surface area contributed by atoms with Gasteiger partial charge in [0.1, 0.15) is 5.75 Å². The highest BCUT2D eigenvalue weighted by atomic mass is 35.5. The highest BCUT2D eigenvalue weighted by molar-refractivity contribution is 7.99. The van der Waals surface area contributed by atoms with Crippen LogP contribution in [0.5, 0.6) is 5.75 Å². The molecule has 110 valence electrons. The van der Waals surface area contributed by atoms with Gasteiger partial charge < -0.3 is 4.74 Å². The molecule has 21 heavy (non-hydrogen) atoms. The smallest absolute Gasteiger partial charge is 0.163 e. The first-order valence-electron chi connectivity index (χ1n) is 6.38. The van der Waals surface area contributed by atoms with E-state index in [-0.39, 0.29) is 5.78 Å². The molecule has 0 aliphatic carbocycles. The summed E-state index contributed by atoms with van der Waals surface area (Å²) in [6.45, 7) is 2.01. The Hall–Kier alpha value is -1.16. The molecule has 0 amide bonds. The zero-order valence-electron chi connectivity index (χ0n) is 11.4. The quantitative estimate of drug-likeness (QED) is 0.402. The number of thioether (sulfide) groups is 1. The normalized spacial score (nSPS) is 10.4. The number of halogens is 2. The van der Waals surface area contributed by atoms with E-state index >= 15 is 0 Å². The fourth-order valence-corrected chi connectivity index (χ4v) is 3.10. The summed E-state index contributed by atoms with van der Waals surface area (Å²) in [5.41, 5.74) is 0.600. The van der Waals surface area contributed by atoms with Gasteiger partial charge >= 0.3 is 0 Å². The van der Waals surface area contributed by atoms with E-state index < -0.39 is 0 Å². The van der Waals surface area contributed by atoms with E-state index in [1.54, 1.807) is 36.0 Å². The van der Waals surface area contributed by atoms with E-state index in [9.17, 15) is 4.79 Å². The fourth-order valence-electron chi connectivity index (χ4n) is 1.77. The average Bonchev–Trinajstić information content (AvgIpc) is 2.47. The molecule has 0 aromatic heterocycles. The fraction of sp³-hybridized carbons (Fsp3) is 0.188. The lowest BCUT2D eigenvalue weighted by Crippen LogP contribution is -2.04. The largest absolute Gasteiger partial charge is 0.492 e. The van der Waals surface area contributed by atoms with Crippen LogP contribution in [0, 0.1) is 0 Å². The molecule has 0 bridgehead atoms. The van der Waals surface area contributed by atoms with Crippen LogP contribution in [0.3, 0.4) is 0 Å². The predicted octanol–water partition coefficient (Wildman–Crippen LogP) is 5.37. The lowest BCUT2D eigenvalue weighted by Gasteiger charge is -2.10. The van der Waals surface area contributed by atoms with Crippen LogP contribution in [0.2, 0.25) is 10.0 Å². The van der Waals surface area contributed by atoms with Gasteiger partial charge in [-0.3, -0.25) is 4.79 Å². The van der Waals surface area contributed by atoms with Crippen LogP contribution in [0.15, 0.2) is 47.4 Å². The van der Waals surface area contributed by atoms with Crippen LogP contribution < -0.4 is 4.74 Å². The van der Waals surface area contributed by atoms with Crippen molar-refractivity contribution in [3.05, 3.63) is 58.1 Å². The van der Waals surface area contributed by atoms with Gasteiger partial charge in [-0.1, -0.05) is 35.3 Å². The summed E-state index contributed by atoms with van der Waals surface area (Å²) in [6, 6.07) is 12.6. The predicted molar refractivity (Wildman–Crippen MR) is 89.1 cm³/mol. The van der Waals surface area contributed by atoms with Gasteiger partial charge in [-0.2, -0.15) is 0 Å². The number of rotatable bonds is 6.